The van der Waals surface area contributed by atoms with Crippen LogP contribution in [0.25, 0.3) is 0 Å². The molecule has 3 saturated carbocycles. The molecule has 4 heteroatoms. The van der Waals surface area contributed by atoms with Crippen LogP contribution in [0.15, 0.2) is 11.6 Å². The highest BCUT2D eigenvalue weighted by Gasteiger charge is 2.63. The lowest BCUT2D eigenvalue weighted by molar-refractivity contribution is -0.148. The predicted molar refractivity (Wildman–Crippen MR) is 107 cm³/mol. The van der Waals surface area contributed by atoms with Crippen molar-refractivity contribution in [3.8, 4) is 0 Å². The molecule has 28 heavy (non-hydrogen) atoms. The number of rotatable bonds is 4. The van der Waals surface area contributed by atoms with Crippen molar-refractivity contribution in [1.29, 1.82) is 0 Å². The highest BCUT2D eigenvalue weighted by atomic mass is 16.4. The first-order valence-corrected chi connectivity index (χ1v) is 11.2. The molecule has 0 bridgehead atoms. The lowest BCUT2D eigenvalue weighted by Gasteiger charge is -2.57. The minimum absolute atomic E-state index is 0.0147. The van der Waals surface area contributed by atoms with E-state index in [1.54, 1.807) is 0 Å². The number of carbonyl (C=O) groups is 3. The molecular formula is C24H34O4. The van der Waals surface area contributed by atoms with Crippen LogP contribution in [-0.4, -0.2) is 22.6 Å². The summed E-state index contributed by atoms with van der Waals surface area (Å²) in [5.41, 5.74) is 1.02. The average molecular weight is 387 g/mol. The number of allylic oxidation sites excluding steroid dienone is 1. The van der Waals surface area contributed by atoms with Gasteiger partial charge in [-0.25, -0.2) is 0 Å². The summed E-state index contributed by atoms with van der Waals surface area (Å²) < 4.78 is 0. The Labute approximate surface area is 168 Å². The van der Waals surface area contributed by atoms with E-state index in [9.17, 15) is 14.4 Å². The van der Waals surface area contributed by atoms with Crippen molar-refractivity contribution in [2.75, 3.05) is 0 Å². The molecule has 0 amide bonds. The number of carbonyl (C=O) groups excluding carboxylic acids is 2. The van der Waals surface area contributed by atoms with Crippen LogP contribution in [0.1, 0.15) is 78.6 Å². The first-order valence-electron chi connectivity index (χ1n) is 11.2. The van der Waals surface area contributed by atoms with Crippen molar-refractivity contribution >= 4 is 17.5 Å². The maximum absolute atomic E-state index is 13.6. The molecule has 154 valence electrons. The number of aliphatic carboxylic acids is 1. The molecule has 0 aromatic carbocycles. The van der Waals surface area contributed by atoms with Gasteiger partial charge in [-0.3, -0.25) is 14.4 Å². The normalized spacial score (nSPS) is 43.6. The van der Waals surface area contributed by atoms with Crippen LogP contribution < -0.4 is 0 Å². The molecule has 3 fully saturated rings. The second-order valence-corrected chi connectivity index (χ2v) is 10.5. The first kappa shape index (κ1) is 19.8. The smallest absolute Gasteiger partial charge is 0.303 e. The van der Waals surface area contributed by atoms with E-state index in [1.807, 2.05) is 6.08 Å². The summed E-state index contributed by atoms with van der Waals surface area (Å²) in [5.74, 6) is 1.86. The van der Waals surface area contributed by atoms with Crippen molar-refractivity contribution in [1.82, 2.24) is 0 Å². The molecule has 4 aliphatic rings. The fourth-order valence-corrected chi connectivity index (χ4v) is 7.76. The molecule has 0 aromatic heterocycles. The van der Waals surface area contributed by atoms with E-state index >= 15 is 0 Å². The van der Waals surface area contributed by atoms with Crippen LogP contribution in [-0.2, 0) is 14.4 Å². The van der Waals surface area contributed by atoms with Gasteiger partial charge in [0.05, 0.1) is 0 Å². The van der Waals surface area contributed by atoms with Crippen LogP contribution in [0.5, 0.6) is 0 Å². The van der Waals surface area contributed by atoms with Crippen molar-refractivity contribution < 1.29 is 19.5 Å². The highest BCUT2D eigenvalue weighted by molar-refractivity contribution is 5.92. The average Bonchev–Trinajstić information content (AvgIpc) is 3.00. The van der Waals surface area contributed by atoms with Gasteiger partial charge < -0.3 is 5.11 Å². The molecule has 0 spiro atoms. The number of carboxylic acid groups (broad SMARTS) is 1. The molecule has 0 saturated heterocycles. The summed E-state index contributed by atoms with van der Waals surface area (Å²) in [6, 6.07) is 0. The number of fused-ring (bicyclic) bond motifs is 5. The van der Waals surface area contributed by atoms with E-state index in [1.165, 1.54) is 5.57 Å². The van der Waals surface area contributed by atoms with Gasteiger partial charge in [0, 0.05) is 24.7 Å². The Hall–Kier alpha value is -1.45. The van der Waals surface area contributed by atoms with E-state index < -0.39 is 5.97 Å². The minimum atomic E-state index is -0.743. The Balaban J connectivity index is 1.61. The summed E-state index contributed by atoms with van der Waals surface area (Å²) in [6.07, 6.45) is 9.16. The number of ketones is 2. The Bertz CT molecular complexity index is 737. The fourth-order valence-electron chi connectivity index (χ4n) is 7.76. The second-order valence-electron chi connectivity index (χ2n) is 10.5. The SMILES string of the molecule is CC(CCC(=O)O)C1CCC2C3CCC4=CC(=O)CCC4(C)C3CC(=O)C12C. The largest absolute Gasteiger partial charge is 0.481 e. The van der Waals surface area contributed by atoms with Gasteiger partial charge in [0.15, 0.2) is 5.78 Å². The number of Topliss-reactive ketones (excluding diaryl/α,β-unsaturated/α-hetero) is 1. The van der Waals surface area contributed by atoms with Gasteiger partial charge in [-0.1, -0.05) is 26.3 Å². The van der Waals surface area contributed by atoms with E-state index in [-0.39, 0.29) is 29.0 Å². The molecule has 0 aromatic rings. The van der Waals surface area contributed by atoms with Crippen molar-refractivity contribution in [2.45, 2.75) is 78.6 Å². The third-order valence-electron chi connectivity index (χ3n) is 9.39. The lowest BCUT2D eigenvalue weighted by Crippen LogP contribution is -2.55. The Kier molecular flexibility index (Phi) is 4.83. The first-order chi connectivity index (χ1) is 13.2. The van der Waals surface area contributed by atoms with Gasteiger partial charge in [-0.2, -0.15) is 0 Å². The summed E-state index contributed by atoms with van der Waals surface area (Å²) in [4.78, 5) is 36.6. The standard InChI is InChI=1S/C24H34O4/c1-14(4-9-22(27)28)18-7-8-19-17-6-5-15-12-16(25)10-11-23(15,2)20(17)13-21(26)24(18,19)3/h12,14,17-20H,4-11,13H2,1-3H3,(H,27,28). The monoisotopic (exact) mass is 386 g/mol. The van der Waals surface area contributed by atoms with Gasteiger partial charge in [-0.15, -0.1) is 0 Å². The molecule has 0 heterocycles. The number of carboxylic acids is 1. The lowest BCUT2D eigenvalue weighted by atomic mass is 9.46. The molecule has 0 radical (unpaired) electrons. The minimum Gasteiger partial charge on any atom is -0.481 e. The molecule has 0 aliphatic heterocycles. The van der Waals surface area contributed by atoms with Gasteiger partial charge in [-0.05, 0) is 79.6 Å². The third-order valence-corrected chi connectivity index (χ3v) is 9.39. The zero-order chi connectivity index (χ0) is 20.3. The molecule has 4 aliphatic carbocycles. The van der Waals surface area contributed by atoms with Crippen molar-refractivity contribution in [2.24, 2.45) is 40.4 Å². The maximum Gasteiger partial charge on any atom is 0.303 e. The summed E-state index contributed by atoms with van der Waals surface area (Å²) in [7, 11) is 0. The topological polar surface area (TPSA) is 71.4 Å². The predicted octanol–water partition coefficient (Wildman–Crippen LogP) is 4.81. The van der Waals surface area contributed by atoms with E-state index in [0.29, 0.717) is 48.7 Å². The quantitative estimate of drug-likeness (QED) is 0.752. The Morgan fingerprint density at radius 3 is 2.64 bits per heavy atom. The van der Waals surface area contributed by atoms with Gasteiger partial charge in [0.2, 0.25) is 0 Å². The van der Waals surface area contributed by atoms with Gasteiger partial charge in [0.1, 0.15) is 5.78 Å². The van der Waals surface area contributed by atoms with Crippen molar-refractivity contribution in [3.05, 3.63) is 11.6 Å². The zero-order valence-electron chi connectivity index (χ0n) is 17.5. The van der Waals surface area contributed by atoms with E-state index in [0.717, 1.165) is 32.1 Å². The molecule has 4 nitrogen and oxygen atoms in total. The second kappa shape index (κ2) is 6.81. The van der Waals surface area contributed by atoms with Crippen molar-refractivity contribution in [3.63, 3.8) is 0 Å². The number of hydrogen-bond acceptors (Lipinski definition) is 3. The summed E-state index contributed by atoms with van der Waals surface area (Å²) in [5, 5.41) is 9.07. The molecular weight excluding hydrogens is 352 g/mol. The molecule has 4 rings (SSSR count). The van der Waals surface area contributed by atoms with E-state index in [4.69, 9.17) is 5.11 Å². The van der Waals surface area contributed by atoms with Gasteiger partial charge >= 0.3 is 5.97 Å². The van der Waals surface area contributed by atoms with E-state index in [2.05, 4.69) is 20.8 Å². The van der Waals surface area contributed by atoms with Gasteiger partial charge in [0.25, 0.3) is 0 Å². The van der Waals surface area contributed by atoms with Crippen LogP contribution in [0.2, 0.25) is 0 Å². The van der Waals surface area contributed by atoms with Crippen LogP contribution in [0.4, 0.5) is 0 Å². The fraction of sp³-hybridized carbons (Fsp3) is 0.792. The molecule has 7 unspecified atom stereocenters. The van der Waals surface area contributed by atoms with Crippen LogP contribution in [0, 0.1) is 40.4 Å². The Morgan fingerprint density at radius 1 is 1.18 bits per heavy atom. The highest BCUT2D eigenvalue weighted by Crippen LogP contribution is 2.66. The Morgan fingerprint density at radius 2 is 1.93 bits per heavy atom. The van der Waals surface area contributed by atoms with Crippen LogP contribution >= 0.6 is 0 Å². The summed E-state index contributed by atoms with van der Waals surface area (Å²) >= 11 is 0. The maximum atomic E-state index is 13.6. The van der Waals surface area contributed by atoms with Crippen LogP contribution in [0.3, 0.4) is 0 Å². The molecule has 1 N–H and O–H groups in total. The molecule has 7 atom stereocenters. The number of hydrogen-bond donors (Lipinski definition) is 1. The summed E-state index contributed by atoms with van der Waals surface area (Å²) in [6.45, 7) is 6.65. The zero-order valence-corrected chi connectivity index (χ0v) is 17.5. The third kappa shape index (κ3) is 2.81.